The highest BCUT2D eigenvalue weighted by Crippen LogP contribution is 1.96. The summed E-state index contributed by atoms with van der Waals surface area (Å²) in [5, 5.41) is 0. The van der Waals surface area contributed by atoms with Crippen molar-refractivity contribution in [3.8, 4) is 0 Å². The first-order valence-corrected chi connectivity index (χ1v) is 2.56. The van der Waals surface area contributed by atoms with E-state index in [9.17, 15) is 4.79 Å². The van der Waals surface area contributed by atoms with E-state index in [1.165, 1.54) is 12.5 Å². The molecular formula is C5H7ClO2. The Labute approximate surface area is 53.1 Å². The summed E-state index contributed by atoms with van der Waals surface area (Å²) in [4.78, 5) is 10.1. The number of hydrogen-bond donors (Lipinski definition) is 0. The molecule has 0 rings (SSSR count). The van der Waals surface area contributed by atoms with Crippen LogP contribution in [0.2, 0.25) is 0 Å². The van der Waals surface area contributed by atoms with Crippen molar-refractivity contribution in [3.63, 3.8) is 0 Å². The normalized spacial score (nSPS) is 11.1. The zero-order valence-corrected chi connectivity index (χ0v) is 5.53. The van der Waals surface area contributed by atoms with Gasteiger partial charge in [-0.3, -0.25) is 4.79 Å². The van der Waals surface area contributed by atoms with E-state index >= 15 is 0 Å². The molecule has 0 amide bonds. The van der Waals surface area contributed by atoms with Crippen LogP contribution < -0.4 is 0 Å². The molecule has 0 atom stereocenters. The van der Waals surface area contributed by atoms with Crippen molar-refractivity contribution < 1.29 is 9.53 Å². The second kappa shape index (κ2) is 3.50. The van der Waals surface area contributed by atoms with Crippen LogP contribution in [0, 0.1) is 0 Å². The van der Waals surface area contributed by atoms with Crippen LogP contribution in [0.4, 0.5) is 0 Å². The minimum Gasteiger partial charge on any atom is -0.431 e. The summed E-state index contributed by atoms with van der Waals surface area (Å²) >= 11 is 5.16. The summed E-state index contributed by atoms with van der Waals surface area (Å²) in [6.45, 7) is 2.93. The number of rotatable bonds is 1. The number of carbonyl (C=O) groups is 1. The van der Waals surface area contributed by atoms with Gasteiger partial charge in [0.25, 0.3) is 0 Å². The first-order chi connectivity index (χ1) is 3.66. The number of ether oxygens (including phenoxy) is 1. The maximum atomic E-state index is 10.1. The molecule has 0 saturated heterocycles. The largest absolute Gasteiger partial charge is 0.431 e. The van der Waals surface area contributed by atoms with Crippen molar-refractivity contribution in [1.82, 2.24) is 0 Å². The molecule has 0 aromatic rings. The lowest BCUT2D eigenvalue weighted by molar-refractivity contribution is -0.136. The van der Waals surface area contributed by atoms with E-state index in [1.807, 2.05) is 0 Å². The van der Waals surface area contributed by atoms with E-state index in [2.05, 4.69) is 4.74 Å². The quantitative estimate of drug-likeness (QED) is 0.403. The first kappa shape index (κ1) is 7.50. The summed E-state index contributed by atoms with van der Waals surface area (Å²) in [5.74, 6) is 0.0681. The Balaban J connectivity index is 3.56. The number of allylic oxidation sites excluding steroid dienone is 1. The van der Waals surface area contributed by atoms with Crippen LogP contribution in [-0.4, -0.2) is 5.97 Å². The summed E-state index contributed by atoms with van der Waals surface area (Å²) < 4.78 is 4.49. The molecule has 0 aliphatic rings. The van der Waals surface area contributed by atoms with Crippen LogP contribution in [0.25, 0.3) is 0 Å². The van der Waals surface area contributed by atoms with Crippen LogP contribution in [-0.2, 0) is 9.53 Å². The number of hydrogen-bond acceptors (Lipinski definition) is 2. The highest BCUT2D eigenvalue weighted by Gasteiger charge is 1.90. The summed E-state index contributed by atoms with van der Waals surface area (Å²) in [7, 11) is 0. The second-order valence-corrected chi connectivity index (χ2v) is 1.53. The molecule has 0 heterocycles. The van der Waals surface area contributed by atoms with Gasteiger partial charge in [-0.15, -0.1) is 0 Å². The minimum absolute atomic E-state index is 0.348. The third-order valence-electron chi connectivity index (χ3n) is 0.458. The minimum atomic E-state index is -0.348. The molecule has 0 aliphatic heterocycles. The molecule has 0 fully saturated rings. The molecule has 0 aromatic carbocycles. The van der Waals surface area contributed by atoms with Crippen LogP contribution in [0.3, 0.4) is 0 Å². The van der Waals surface area contributed by atoms with Crippen molar-refractivity contribution >= 4 is 17.6 Å². The Bertz CT molecular complexity index is 118. The average molecular weight is 135 g/mol. The Hall–Kier alpha value is -0.500. The Morgan fingerprint density at radius 1 is 1.62 bits per heavy atom. The van der Waals surface area contributed by atoms with E-state index in [0.717, 1.165) is 0 Å². The molecule has 46 valence electrons. The number of carbonyl (C=O) groups excluding carboxylic acids is 1. The SMILES string of the molecule is CC(=O)OC(C)=CCl. The predicted octanol–water partition coefficient (Wildman–Crippen LogP) is 1.65. The van der Waals surface area contributed by atoms with Gasteiger partial charge in [-0.25, -0.2) is 0 Å². The monoisotopic (exact) mass is 134 g/mol. The van der Waals surface area contributed by atoms with E-state index in [0.29, 0.717) is 5.76 Å². The smallest absolute Gasteiger partial charge is 0.307 e. The molecular weight excluding hydrogens is 128 g/mol. The van der Waals surface area contributed by atoms with Gasteiger partial charge in [0.05, 0.1) is 0 Å². The Morgan fingerprint density at radius 3 is 2.25 bits per heavy atom. The van der Waals surface area contributed by atoms with Gasteiger partial charge in [0, 0.05) is 12.5 Å². The lowest BCUT2D eigenvalue weighted by Crippen LogP contribution is -1.94. The van der Waals surface area contributed by atoms with E-state index in [4.69, 9.17) is 11.6 Å². The Kier molecular flexibility index (Phi) is 3.28. The summed E-state index contributed by atoms with van der Waals surface area (Å²) in [6.07, 6.45) is 0. The maximum absolute atomic E-state index is 10.1. The van der Waals surface area contributed by atoms with Crippen molar-refractivity contribution in [2.24, 2.45) is 0 Å². The molecule has 0 saturated carbocycles. The topological polar surface area (TPSA) is 26.3 Å². The van der Waals surface area contributed by atoms with Crippen LogP contribution in [0.5, 0.6) is 0 Å². The van der Waals surface area contributed by atoms with Gasteiger partial charge in [0.2, 0.25) is 0 Å². The van der Waals surface area contributed by atoms with Crippen LogP contribution in [0.15, 0.2) is 11.3 Å². The van der Waals surface area contributed by atoms with Crippen molar-refractivity contribution in [3.05, 3.63) is 11.3 Å². The van der Waals surface area contributed by atoms with Crippen molar-refractivity contribution in [2.45, 2.75) is 13.8 Å². The van der Waals surface area contributed by atoms with Crippen LogP contribution in [0.1, 0.15) is 13.8 Å². The molecule has 8 heavy (non-hydrogen) atoms. The molecule has 0 bridgehead atoms. The van der Waals surface area contributed by atoms with E-state index in [-0.39, 0.29) is 5.97 Å². The zero-order chi connectivity index (χ0) is 6.57. The molecule has 0 aliphatic carbocycles. The lowest BCUT2D eigenvalue weighted by Gasteiger charge is -1.95. The molecule has 0 N–H and O–H groups in total. The summed E-state index contributed by atoms with van der Waals surface area (Å²) in [6, 6.07) is 0. The Morgan fingerprint density at radius 2 is 2.12 bits per heavy atom. The van der Waals surface area contributed by atoms with Gasteiger partial charge in [0.15, 0.2) is 0 Å². The van der Waals surface area contributed by atoms with E-state index < -0.39 is 0 Å². The number of halogens is 1. The van der Waals surface area contributed by atoms with Gasteiger partial charge < -0.3 is 4.74 Å². The lowest BCUT2D eigenvalue weighted by atomic mass is 10.6. The predicted molar refractivity (Wildman–Crippen MR) is 31.4 cm³/mol. The highest BCUT2D eigenvalue weighted by molar-refractivity contribution is 6.25. The third kappa shape index (κ3) is 3.68. The fourth-order valence-corrected chi connectivity index (χ4v) is 0.294. The maximum Gasteiger partial charge on any atom is 0.307 e. The highest BCUT2D eigenvalue weighted by atomic mass is 35.5. The molecule has 0 unspecified atom stereocenters. The first-order valence-electron chi connectivity index (χ1n) is 2.12. The van der Waals surface area contributed by atoms with Gasteiger partial charge in [-0.2, -0.15) is 0 Å². The third-order valence-corrected chi connectivity index (χ3v) is 0.766. The zero-order valence-electron chi connectivity index (χ0n) is 4.77. The number of esters is 1. The molecule has 0 radical (unpaired) electrons. The van der Waals surface area contributed by atoms with Gasteiger partial charge in [-0.1, -0.05) is 11.6 Å². The van der Waals surface area contributed by atoms with Crippen molar-refractivity contribution in [2.75, 3.05) is 0 Å². The standard InChI is InChI=1S/C5H7ClO2/c1-4(3-6)8-5(2)7/h3H,1-2H3. The van der Waals surface area contributed by atoms with Gasteiger partial charge >= 0.3 is 5.97 Å². The second-order valence-electron chi connectivity index (χ2n) is 1.31. The average Bonchev–Trinajstić information content (AvgIpc) is 1.65. The fourth-order valence-electron chi connectivity index (χ4n) is 0.249. The molecule has 0 spiro atoms. The van der Waals surface area contributed by atoms with Crippen LogP contribution >= 0.6 is 11.6 Å². The fraction of sp³-hybridized carbons (Fsp3) is 0.400. The van der Waals surface area contributed by atoms with E-state index in [1.54, 1.807) is 6.92 Å². The van der Waals surface area contributed by atoms with Gasteiger partial charge in [0.1, 0.15) is 5.76 Å². The molecule has 2 nitrogen and oxygen atoms in total. The molecule has 3 heteroatoms. The van der Waals surface area contributed by atoms with Gasteiger partial charge in [-0.05, 0) is 6.92 Å². The summed E-state index contributed by atoms with van der Waals surface area (Å²) in [5.41, 5.74) is 1.21. The molecule has 0 aromatic heterocycles. The van der Waals surface area contributed by atoms with Crippen molar-refractivity contribution in [1.29, 1.82) is 0 Å².